The van der Waals surface area contributed by atoms with Crippen LogP contribution < -0.4 is 15.2 Å². The number of rotatable bonds is 1. The lowest BCUT2D eigenvalue weighted by Gasteiger charge is -2.26. The molecule has 0 amide bonds. The molecule has 7 rings (SSSR count). The molecule has 2 unspecified atom stereocenters. The fourth-order valence-electron chi connectivity index (χ4n) is 4.94. The number of imidazole rings is 1. The summed E-state index contributed by atoms with van der Waals surface area (Å²) in [6, 6.07) is 8.65. The zero-order chi connectivity index (χ0) is 29.3. The molecule has 4 aliphatic heterocycles. The summed E-state index contributed by atoms with van der Waals surface area (Å²) in [4.78, 5) is 31.2. The highest BCUT2D eigenvalue weighted by atomic mass is 31.3. The first-order valence-electron chi connectivity index (χ1n) is 12.2. The van der Waals surface area contributed by atoms with Crippen LogP contribution in [-0.4, -0.2) is 89.7 Å². The molecule has 4 aliphatic rings. The lowest BCUT2D eigenvalue weighted by Crippen LogP contribution is -2.48. The number of benzene rings is 1. The van der Waals surface area contributed by atoms with Crippen molar-refractivity contribution < 1.29 is 66.7 Å². The molecule has 6 heterocycles. The fraction of sp³-hybridized carbons (Fsp3) is 0.476. The molecule has 1 aromatic carbocycles. The highest BCUT2D eigenvalue weighted by Crippen LogP contribution is 2.58. The monoisotopic (exact) mass is 617 g/mol. The lowest BCUT2D eigenvalue weighted by molar-refractivity contribution is -0.755. The van der Waals surface area contributed by atoms with Gasteiger partial charge in [-0.25, -0.2) is 18.4 Å². The van der Waals surface area contributed by atoms with Crippen LogP contribution >= 0.6 is 15.6 Å². The van der Waals surface area contributed by atoms with E-state index in [9.17, 15) is 39.3 Å². The number of ether oxygens (including phenoxy) is 2. The average Bonchev–Trinajstić information content (AvgIpc) is 3.54. The zero-order valence-electron chi connectivity index (χ0n) is 20.8. The van der Waals surface area contributed by atoms with Crippen molar-refractivity contribution in [1.29, 1.82) is 0 Å². The Labute approximate surface area is 230 Å². The Morgan fingerprint density at radius 1 is 0.976 bits per heavy atom. The Balaban J connectivity index is 1.51. The highest BCUT2D eigenvalue weighted by molar-refractivity contribution is 7.60. The van der Waals surface area contributed by atoms with E-state index >= 15 is 0 Å². The number of aliphatic hydroxyl groups excluding tert-OH is 4. The smallest absolute Gasteiger partial charge is 0.478 e. The van der Waals surface area contributed by atoms with Crippen LogP contribution in [0.2, 0.25) is 0 Å². The third-order valence-corrected chi connectivity index (χ3v) is 9.51. The molecule has 7 N–H and O–H groups in total. The number of fused-ring (bicyclic) bond motifs is 7. The number of phosphoric ester groups is 2. The van der Waals surface area contributed by atoms with E-state index in [2.05, 4.69) is 18.8 Å². The van der Waals surface area contributed by atoms with Crippen molar-refractivity contribution in [3.63, 3.8) is 0 Å². The summed E-state index contributed by atoms with van der Waals surface area (Å²) < 4.78 is 52.0. The normalized spacial score (nSPS) is 39.8. The number of aromatic nitrogens is 4. The summed E-state index contributed by atoms with van der Waals surface area (Å²) in [5.41, 5.74) is 7.13. The minimum atomic E-state index is -5.54. The Kier molecular flexibility index (Phi) is 7.27. The standard InChI is InChI=1S/C21H25N5O13P2/c22-17-12-19-23-8-25(17)20-15(29)13(27)10(37-20)6-35-40(31,32)39-41(33,34)36-7-11-14(28)16(30)21(38-11)26(19)18(24-12)9-4-2-1-3-5-9/h1-5,8,10-11,13-16,20-22,27-30H,6-7H2,(H2,31,32,33,34)/t10-,11-,13-,14-,15-,16-,20-,21-/m1/s1. The SMILES string of the molecule is Nc1c2nc(-c3ccccc3)n3c2nc[n+]1[C@@H]1O[C@H](COP(=O)([O-])OP(=O)(O)OC[C@H]2O[C@@H]3[C@H](O)[C@@H]2O)[C@@H](O)[C@H]1O. The van der Waals surface area contributed by atoms with Crippen LogP contribution in [0, 0.1) is 0 Å². The summed E-state index contributed by atoms with van der Waals surface area (Å²) in [5.74, 6) is 0.118. The molecule has 18 nitrogen and oxygen atoms in total. The van der Waals surface area contributed by atoms with E-state index in [1.54, 1.807) is 30.3 Å². The Morgan fingerprint density at radius 2 is 1.63 bits per heavy atom. The predicted octanol–water partition coefficient (Wildman–Crippen LogP) is -2.16. The molecule has 2 aromatic heterocycles. The molecular formula is C21H25N5O13P2. The molecular weight excluding hydrogens is 592 g/mol. The average molecular weight is 617 g/mol. The van der Waals surface area contributed by atoms with Gasteiger partial charge in [-0.05, 0) is 0 Å². The Hall–Kier alpha value is -2.41. The van der Waals surface area contributed by atoms with Crippen LogP contribution in [0.15, 0.2) is 36.7 Å². The van der Waals surface area contributed by atoms with Crippen LogP contribution in [0.3, 0.4) is 0 Å². The van der Waals surface area contributed by atoms with Crippen molar-refractivity contribution in [2.45, 2.75) is 49.1 Å². The van der Waals surface area contributed by atoms with Crippen molar-refractivity contribution in [2.24, 2.45) is 0 Å². The van der Waals surface area contributed by atoms with Crippen molar-refractivity contribution >= 4 is 32.6 Å². The Morgan fingerprint density at radius 3 is 2.37 bits per heavy atom. The second-order valence-corrected chi connectivity index (χ2v) is 12.6. The molecule has 222 valence electrons. The molecule has 2 saturated heterocycles. The maximum Gasteiger partial charge on any atom is 0.478 e. The van der Waals surface area contributed by atoms with Crippen LogP contribution in [0.1, 0.15) is 12.5 Å². The van der Waals surface area contributed by atoms with Crippen molar-refractivity contribution in [3.8, 4) is 11.4 Å². The van der Waals surface area contributed by atoms with Crippen molar-refractivity contribution in [1.82, 2.24) is 14.5 Å². The van der Waals surface area contributed by atoms with E-state index in [4.69, 9.17) is 19.7 Å². The lowest BCUT2D eigenvalue weighted by atomic mass is 10.1. The second kappa shape index (κ2) is 10.4. The molecule has 0 radical (unpaired) electrons. The van der Waals surface area contributed by atoms with E-state index < -0.39 is 77.9 Å². The predicted molar refractivity (Wildman–Crippen MR) is 130 cm³/mol. The van der Waals surface area contributed by atoms with Gasteiger partial charge in [-0.1, -0.05) is 35.3 Å². The number of aliphatic hydroxyl groups is 4. The zero-order valence-corrected chi connectivity index (χ0v) is 22.5. The van der Waals surface area contributed by atoms with Gasteiger partial charge in [-0.2, -0.15) is 0 Å². The molecule has 8 bridgehead atoms. The van der Waals surface area contributed by atoms with Crippen LogP contribution in [0.5, 0.6) is 0 Å². The van der Waals surface area contributed by atoms with Gasteiger partial charge in [0.25, 0.3) is 13.6 Å². The minimum Gasteiger partial charge on any atom is -0.756 e. The number of hydrogen-bond donors (Lipinski definition) is 6. The number of nitrogen functional groups attached to an aromatic ring is 1. The Bertz CT molecular complexity index is 1560. The van der Waals surface area contributed by atoms with Crippen LogP contribution in [-0.2, 0) is 32.0 Å². The van der Waals surface area contributed by atoms with Crippen LogP contribution in [0.25, 0.3) is 22.6 Å². The number of phosphoric acid groups is 2. The van der Waals surface area contributed by atoms with Gasteiger partial charge in [0.15, 0.2) is 11.7 Å². The third-order valence-electron chi connectivity index (χ3n) is 6.95. The minimum absolute atomic E-state index is 0.0692. The van der Waals surface area contributed by atoms with Gasteiger partial charge < -0.3 is 49.9 Å². The molecule has 20 heteroatoms. The molecule has 3 aromatic rings. The molecule has 0 saturated carbocycles. The van der Waals surface area contributed by atoms with Gasteiger partial charge in [-0.3, -0.25) is 13.7 Å². The van der Waals surface area contributed by atoms with E-state index in [0.717, 1.165) is 4.57 Å². The summed E-state index contributed by atoms with van der Waals surface area (Å²) in [6.45, 7) is -1.81. The third kappa shape index (κ3) is 5.10. The van der Waals surface area contributed by atoms with Crippen molar-refractivity contribution in [2.75, 3.05) is 18.9 Å². The van der Waals surface area contributed by atoms with Gasteiger partial charge in [0.2, 0.25) is 18.2 Å². The van der Waals surface area contributed by atoms with E-state index in [0.29, 0.717) is 5.56 Å². The van der Waals surface area contributed by atoms with E-state index in [1.165, 1.54) is 10.9 Å². The number of anilines is 1. The first kappa shape index (κ1) is 28.7. The van der Waals surface area contributed by atoms with E-state index in [1.807, 2.05) is 0 Å². The molecule has 0 spiro atoms. The molecule has 10 atom stereocenters. The largest absolute Gasteiger partial charge is 0.756 e. The van der Waals surface area contributed by atoms with Crippen molar-refractivity contribution in [3.05, 3.63) is 36.7 Å². The molecule has 0 aliphatic carbocycles. The number of hydrogen-bond acceptors (Lipinski definition) is 15. The maximum atomic E-state index is 12.4. The van der Waals surface area contributed by atoms with Gasteiger partial charge in [0, 0.05) is 5.56 Å². The summed E-state index contributed by atoms with van der Waals surface area (Å²) in [6.07, 6.45) is -11.1. The number of nitrogens with zero attached hydrogens (tertiary/aromatic N) is 4. The topological polar surface area (TPSA) is 265 Å². The summed E-state index contributed by atoms with van der Waals surface area (Å²) in [7, 11) is -10.9. The summed E-state index contributed by atoms with van der Waals surface area (Å²) in [5, 5.41) is 42.8. The fourth-order valence-corrected chi connectivity index (χ4v) is 6.99. The van der Waals surface area contributed by atoms with Crippen LogP contribution in [0.4, 0.5) is 5.82 Å². The van der Waals surface area contributed by atoms with Gasteiger partial charge in [0.05, 0.1) is 13.2 Å². The maximum absolute atomic E-state index is 12.4. The summed E-state index contributed by atoms with van der Waals surface area (Å²) >= 11 is 0. The first-order valence-corrected chi connectivity index (χ1v) is 15.1. The second-order valence-electron chi connectivity index (χ2n) is 9.56. The van der Waals surface area contributed by atoms with E-state index in [-0.39, 0.29) is 22.8 Å². The first-order chi connectivity index (χ1) is 19.4. The van der Waals surface area contributed by atoms with Gasteiger partial charge >= 0.3 is 7.82 Å². The molecule has 2 fully saturated rings. The number of nitrogens with two attached hydrogens (primary N) is 1. The van der Waals surface area contributed by atoms with Gasteiger partial charge in [0.1, 0.15) is 42.4 Å². The highest BCUT2D eigenvalue weighted by Gasteiger charge is 2.49. The van der Waals surface area contributed by atoms with Gasteiger partial charge in [-0.15, -0.1) is 0 Å². The molecule has 41 heavy (non-hydrogen) atoms. The quantitative estimate of drug-likeness (QED) is 0.125.